The number of aromatic nitrogens is 3. The van der Waals surface area contributed by atoms with Gasteiger partial charge in [0, 0.05) is 31.3 Å². The minimum Gasteiger partial charge on any atom is -0.354 e. The summed E-state index contributed by atoms with van der Waals surface area (Å²) in [6.07, 6.45) is 5.76. The molecule has 2 aliphatic rings. The van der Waals surface area contributed by atoms with E-state index in [0.717, 1.165) is 72.9 Å². The third kappa shape index (κ3) is 5.18. The van der Waals surface area contributed by atoms with Gasteiger partial charge < -0.3 is 14.9 Å². The maximum atomic E-state index is 13.7. The van der Waals surface area contributed by atoms with Crippen LogP contribution in [0.1, 0.15) is 109 Å². The number of imidazole rings is 1. The Morgan fingerprint density at radius 1 is 1.24 bits per heavy atom. The maximum Gasteiger partial charge on any atom is 0.268 e. The topological polar surface area (TPSA) is 83.0 Å². The van der Waals surface area contributed by atoms with Crippen LogP contribution in [0.15, 0.2) is 18.2 Å². The van der Waals surface area contributed by atoms with Crippen LogP contribution in [0.3, 0.4) is 0 Å². The highest BCUT2D eigenvalue weighted by atomic mass is 16.2. The SMILES string of the molecule is CCN(CC)Cc1cccc2c1nc(C(CCC1CC1)NC(=O)c1[nH]c3c(c1C)C(=O)CC(C)(C)C3)n2C. The summed E-state index contributed by atoms with van der Waals surface area (Å²) in [5.74, 6) is 1.62. The van der Waals surface area contributed by atoms with Crippen molar-refractivity contribution < 1.29 is 9.59 Å². The summed E-state index contributed by atoms with van der Waals surface area (Å²) >= 11 is 0. The molecule has 2 aromatic heterocycles. The van der Waals surface area contributed by atoms with Crippen LogP contribution in [0.4, 0.5) is 0 Å². The highest BCUT2D eigenvalue weighted by Gasteiger charge is 2.36. The fraction of sp³-hybridized carbons (Fsp3) is 0.581. The zero-order chi connectivity index (χ0) is 27.2. The van der Waals surface area contributed by atoms with Gasteiger partial charge in [0.05, 0.1) is 17.1 Å². The Hall–Kier alpha value is -2.93. The first-order chi connectivity index (χ1) is 18.1. The maximum absolute atomic E-state index is 13.7. The standard InChI is InChI=1S/C31H43N5O2/c1-7-36(8-2)18-21-10-9-11-24-28(21)34-29(35(24)6)22(15-14-20-12-13-20)33-30(38)27-19(3)26-23(32-27)16-31(4,5)17-25(26)37/h9-11,20,22,32H,7-8,12-18H2,1-6H3,(H,33,38). The summed E-state index contributed by atoms with van der Waals surface area (Å²) in [5.41, 5.74) is 6.12. The van der Waals surface area contributed by atoms with E-state index in [9.17, 15) is 9.59 Å². The Labute approximate surface area is 226 Å². The smallest absolute Gasteiger partial charge is 0.268 e. The van der Waals surface area contributed by atoms with E-state index in [-0.39, 0.29) is 23.1 Å². The van der Waals surface area contributed by atoms with Gasteiger partial charge in [0.2, 0.25) is 0 Å². The number of Topliss-reactive ketones (excluding diaryl/α,β-unsaturated/α-hetero) is 1. The van der Waals surface area contributed by atoms with Crippen molar-refractivity contribution in [2.45, 2.75) is 85.7 Å². The molecule has 2 aliphatic carbocycles. The van der Waals surface area contributed by atoms with E-state index in [2.05, 4.69) is 72.7 Å². The molecular formula is C31H43N5O2. The van der Waals surface area contributed by atoms with Crippen molar-refractivity contribution in [3.63, 3.8) is 0 Å². The first-order valence-electron chi connectivity index (χ1n) is 14.3. The van der Waals surface area contributed by atoms with Crippen molar-refractivity contribution in [1.29, 1.82) is 0 Å². The molecule has 1 amide bonds. The molecule has 3 aromatic rings. The lowest BCUT2D eigenvalue weighted by Gasteiger charge is -2.28. The van der Waals surface area contributed by atoms with Crippen molar-refractivity contribution in [3.05, 3.63) is 52.1 Å². The lowest BCUT2D eigenvalue weighted by atomic mass is 9.75. The molecule has 0 bridgehead atoms. The number of amides is 1. The van der Waals surface area contributed by atoms with Gasteiger partial charge in [0.15, 0.2) is 5.78 Å². The van der Waals surface area contributed by atoms with E-state index in [1.165, 1.54) is 18.4 Å². The summed E-state index contributed by atoms with van der Waals surface area (Å²) < 4.78 is 2.15. The van der Waals surface area contributed by atoms with Crippen LogP contribution in [0.5, 0.6) is 0 Å². The largest absolute Gasteiger partial charge is 0.354 e. The molecule has 1 atom stereocenters. The number of benzene rings is 1. The summed E-state index contributed by atoms with van der Waals surface area (Å²) in [7, 11) is 2.06. The average Bonchev–Trinajstić information content (AvgIpc) is 3.56. The van der Waals surface area contributed by atoms with Crippen molar-refractivity contribution in [2.75, 3.05) is 13.1 Å². The number of rotatable bonds is 10. The Morgan fingerprint density at radius 3 is 2.66 bits per heavy atom. The lowest BCUT2D eigenvalue weighted by molar-refractivity contribution is 0.0908. The molecule has 1 saturated carbocycles. The van der Waals surface area contributed by atoms with Gasteiger partial charge in [-0.2, -0.15) is 0 Å². The number of nitrogens with zero attached hydrogens (tertiary/aromatic N) is 3. The molecule has 7 heteroatoms. The minimum absolute atomic E-state index is 0.0994. The van der Waals surface area contributed by atoms with Crippen LogP contribution in [-0.2, 0) is 20.0 Å². The second kappa shape index (κ2) is 10.3. The highest BCUT2D eigenvalue weighted by molar-refractivity contribution is 6.04. The van der Waals surface area contributed by atoms with Crippen LogP contribution in [0.2, 0.25) is 0 Å². The van der Waals surface area contributed by atoms with Gasteiger partial charge in [-0.05, 0) is 67.8 Å². The predicted octanol–water partition coefficient (Wildman–Crippen LogP) is 5.87. The molecule has 0 radical (unpaired) electrons. The molecule has 2 N–H and O–H groups in total. The molecular weight excluding hydrogens is 474 g/mol. The number of aromatic amines is 1. The number of hydrogen-bond donors (Lipinski definition) is 2. The molecule has 7 nitrogen and oxygen atoms in total. The van der Waals surface area contributed by atoms with Crippen LogP contribution >= 0.6 is 0 Å². The van der Waals surface area contributed by atoms with Crippen LogP contribution in [-0.4, -0.2) is 44.2 Å². The van der Waals surface area contributed by atoms with E-state index < -0.39 is 0 Å². The molecule has 1 fully saturated rings. The van der Waals surface area contributed by atoms with Crippen molar-refractivity contribution >= 4 is 22.7 Å². The van der Waals surface area contributed by atoms with E-state index >= 15 is 0 Å². The zero-order valence-electron chi connectivity index (χ0n) is 23.9. The first-order valence-corrected chi connectivity index (χ1v) is 14.3. The molecule has 5 rings (SSSR count). The van der Waals surface area contributed by atoms with Crippen molar-refractivity contribution in [2.24, 2.45) is 18.4 Å². The molecule has 38 heavy (non-hydrogen) atoms. The second-order valence-corrected chi connectivity index (χ2v) is 12.2. The number of aryl methyl sites for hydroxylation is 1. The molecule has 0 saturated heterocycles. The average molecular weight is 518 g/mol. The summed E-state index contributed by atoms with van der Waals surface area (Å²) in [6, 6.07) is 6.19. The van der Waals surface area contributed by atoms with Crippen LogP contribution < -0.4 is 5.32 Å². The summed E-state index contributed by atoms with van der Waals surface area (Å²) in [4.78, 5) is 37.5. The molecule has 2 heterocycles. The number of hydrogen-bond acceptors (Lipinski definition) is 4. The van der Waals surface area contributed by atoms with Crippen molar-refractivity contribution in [1.82, 2.24) is 24.8 Å². The van der Waals surface area contributed by atoms with Gasteiger partial charge >= 0.3 is 0 Å². The number of fused-ring (bicyclic) bond motifs is 2. The normalized spacial score (nSPS) is 17.7. The Kier molecular flexibility index (Phi) is 7.25. The Balaban J connectivity index is 1.47. The molecule has 204 valence electrons. The summed E-state index contributed by atoms with van der Waals surface area (Å²) in [6.45, 7) is 13.3. The van der Waals surface area contributed by atoms with Gasteiger partial charge in [-0.25, -0.2) is 4.98 Å². The Bertz CT molecular complexity index is 1360. The van der Waals surface area contributed by atoms with Gasteiger partial charge in [0.25, 0.3) is 5.91 Å². The molecule has 0 aliphatic heterocycles. The fourth-order valence-corrected chi connectivity index (χ4v) is 6.18. The lowest BCUT2D eigenvalue weighted by Crippen LogP contribution is -2.31. The number of H-pyrrole nitrogens is 1. The number of para-hydroxylation sites is 1. The van der Waals surface area contributed by atoms with Crippen LogP contribution in [0, 0.1) is 18.3 Å². The highest BCUT2D eigenvalue weighted by Crippen LogP contribution is 2.38. The van der Waals surface area contributed by atoms with Crippen molar-refractivity contribution in [3.8, 4) is 0 Å². The molecule has 1 aromatic carbocycles. The van der Waals surface area contributed by atoms with Gasteiger partial charge in [0.1, 0.15) is 11.5 Å². The number of ketones is 1. The molecule has 1 unspecified atom stereocenters. The van der Waals surface area contributed by atoms with Crippen LogP contribution in [0.25, 0.3) is 11.0 Å². The quantitative estimate of drug-likeness (QED) is 0.352. The predicted molar refractivity (Wildman–Crippen MR) is 151 cm³/mol. The van der Waals surface area contributed by atoms with E-state index in [0.29, 0.717) is 17.7 Å². The summed E-state index contributed by atoms with van der Waals surface area (Å²) in [5, 5.41) is 3.33. The third-order valence-electron chi connectivity index (χ3n) is 8.62. The van der Waals surface area contributed by atoms with E-state index in [4.69, 9.17) is 4.98 Å². The van der Waals surface area contributed by atoms with E-state index in [1.807, 2.05) is 6.92 Å². The number of nitrogens with one attached hydrogen (secondary N) is 2. The first kappa shape index (κ1) is 26.7. The number of carbonyl (C=O) groups is 2. The number of carbonyl (C=O) groups excluding carboxylic acids is 2. The van der Waals surface area contributed by atoms with Gasteiger partial charge in [-0.1, -0.05) is 52.7 Å². The monoisotopic (exact) mass is 517 g/mol. The van der Waals surface area contributed by atoms with Gasteiger partial charge in [-0.15, -0.1) is 0 Å². The third-order valence-corrected chi connectivity index (χ3v) is 8.62. The molecule has 0 spiro atoms. The minimum atomic E-state index is -0.200. The Morgan fingerprint density at radius 2 is 1.97 bits per heavy atom. The zero-order valence-corrected chi connectivity index (χ0v) is 23.9. The fourth-order valence-electron chi connectivity index (χ4n) is 6.18. The van der Waals surface area contributed by atoms with E-state index in [1.54, 1.807) is 0 Å². The van der Waals surface area contributed by atoms with Gasteiger partial charge in [-0.3, -0.25) is 14.5 Å². The second-order valence-electron chi connectivity index (χ2n) is 12.2.